The average molecular weight is 627 g/mol. The number of rotatable bonds is 3. The molecule has 2 aliphatic heterocycles. The minimum absolute atomic E-state index is 0.0512. The summed E-state index contributed by atoms with van der Waals surface area (Å²) in [4.78, 5) is 3.90. The molecule has 11 rings (SSSR count). The van der Waals surface area contributed by atoms with E-state index in [1.165, 1.54) is 93.3 Å². The summed E-state index contributed by atoms with van der Waals surface area (Å²) in [6.07, 6.45) is 0. The van der Waals surface area contributed by atoms with Crippen molar-refractivity contribution < 1.29 is 0 Å². The van der Waals surface area contributed by atoms with Gasteiger partial charge in [0, 0.05) is 54.4 Å². The Hall–Kier alpha value is -5.84. The summed E-state index contributed by atoms with van der Waals surface area (Å²) in [7, 11) is 0. The van der Waals surface area contributed by atoms with Gasteiger partial charge in [-0.3, -0.25) is 0 Å². The lowest BCUT2D eigenvalue weighted by Gasteiger charge is -2.38. The lowest BCUT2D eigenvalue weighted by Crippen LogP contribution is -2.55. The van der Waals surface area contributed by atoms with E-state index in [4.69, 9.17) is 0 Å². The molecule has 2 nitrogen and oxygen atoms in total. The third-order valence-electron chi connectivity index (χ3n) is 10.4. The van der Waals surface area contributed by atoms with E-state index >= 15 is 0 Å². The molecule has 0 N–H and O–H groups in total. The van der Waals surface area contributed by atoms with Gasteiger partial charge in [-0.2, -0.15) is 0 Å². The molecule has 0 unspecified atom stereocenters. The second-order valence-corrected chi connectivity index (χ2v) is 13.8. The first-order valence-corrected chi connectivity index (χ1v) is 17.4. The molecule has 0 spiro atoms. The Labute approximate surface area is 282 Å². The maximum atomic E-state index is 2.68. The van der Waals surface area contributed by atoms with E-state index in [1.54, 1.807) is 0 Å². The van der Waals surface area contributed by atoms with Crippen LogP contribution in [0, 0.1) is 0 Å². The number of hydrogen-bond donors (Lipinski definition) is 0. The Morgan fingerprint density at radius 3 is 2.00 bits per heavy atom. The molecule has 0 atom stereocenters. The zero-order chi connectivity index (χ0) is 31.3. The van der Waals surface area contributed by atoms with Crippen LogP contribution in [0.5, 0.6) is 0 Å². The normalized spacial score (nSPS) is 12.9. The largest absolute Gasteiger partial charge is 0.375 e. The Morgan fingerprint density at radius 1 is 0.479 bits per heavy atom. The lowest BCUT2D eigenvalue weighted by molar-refractivity contribution is 1.27. The number of anilines is 3. The number of fused-ring (bicyclic) bond motifs is 9. The molecular formula is C44H27BN2S. The van der Waals surface area contributed by atoms with Crippen LogP contribution in [0.3, 0.4) is 0 Å². The summed E-state index contributed by atoms with van der Waals surface area (Å²) < 4.78 is 2.68. The molecule has 2 aliphatic rings. The van der Waals surface area contributed by atoms with Crippen molar-refractivity contribution in [2.24, 2.45) is 0 Å². The molecule has 0 fully saturated rings. The highest BCUT2D eigenvalue weighted by Crippen LogP contribution is 2.49. The van der Waals surface area contributed by atoms with Crippen LogP contribution < -0.4 is 15.8 Å². The van der Waals surface area contributed by atoms with Gasteiger partial charge in [-0.05, 0) is 56.8 Å². The van der Waals surface area contributed by atoms with Crippen LogP contribution in [0.4, 0.5) is 17.1 Å². The summed E-state index contributed by atoms with van der Waals surface area (Å²) >= 11 is 1.89. The average Bonchev–Trinajstić information content (AvgIpc) is 3.75. The zero-order valence-electron chi connectivity index (χ0n) is 26.0. The Morgan fingerprint density at radius 2 is 1.17 bits per heavy atom. The summed E-state index contributed by atoms with van der Waals surface area (Å²) in [6.45, 7) is 0.0512. The summed E-state index contributed by atoms with van der Waals surface area (Å²) in [6, 6.07) is 58.1. The number of hydrogen-bond acceptors (Lipinski definition) is 2. The highest BCUT2D eigenvalue weighted by Gasteiger charge is 2.44. The monoisotopic (exact) mass is 626 g/mol. The molecule has 0 radical (unpaired) electrons. The molecule has 9 aromatic rings. The first-order chi connectivity index (χ1) is 23.8. The zero-order valence-corrected chi connectivity index (χ0v) is 26.8. The van der Waals surface area contributed by atoms with E-state index in [0.29, 0.717) is 0 Å². The number of para-hydroxylation sites is 1. The van der Waals surface area contributed by atoms with Crippen molar-refractivity contribution in [1.82, 2.24) is 4.48 Å². The van der Waals surface area contributed by atoms with Crippen LogP contribution in [-0.2, 0) is 0 Å². The van der Waals surface area contributed by atoms with Gasteiger partial charge in [-0.15, -0.1) is 11.3 Å². The first kappa shape index (κ1) is 26.3. The molecule has 0 amide bonds. The molecule has 48 heavy (non-hydrogen) atoms. The number of aromatic nitrogens is 1. The predicted molar refractivity (Wildman–Crippen MR) is 206 cm³/mol. The maximum Gasteiger partial charge on any atom is 0.333 e. The van der Waals surface area contributed by atoms with E-state index in [2.05, 4.69) is 172 Å². The molecule has 0 bridgehead atoms. The van der Waals surface area contributed by atoms with E-state index in [-0.39, 0.29) is 6.85 Å². The van der Waals surface area contributed by atoms with Gasteiger partial charge in [0.2, 0.25) is 0 Å². The standard InChI is InChI=1S/C44H27BN2S/c1-3-11-28(12-4-1)31-16-9-17-33(25-31)46-39-26-32(29-13-5-2-6-14-29)22-24-38(39)45-41-40(46)27-48-44(41)37-20-10-19-35-36-23-21-30-15-7-8-18-34(30)42(36)47(45)43(35)37/h1-27H. The molecule has 222 valence electrons. The maximum absolute atomic E-state index is 2.68. The second-order valence-electron chi connectivity index (χ2n) is 12.9. The highest BCUT2D eigenvalue weighted by atomic mass is 32.1. The third-order valence-corrected chi connectivity index (χ3v) is 11.4. The van der Waals surface area contributed by atoms with Crippen molar-refractivity contribution in [1.29, 1.82) is 0 Å². The minimum Gasteiger partial charge on any atom is -0.375 e. The lowest BCUT2D eigenvalue weighted by atomic mass is 9.46. The predicted octanol–water partition coefficient (Wildman–Crippen LogP) is 10.8. The van der Waals surface area contributed by atoms with Gasteiger partial charge in [-0.1, -0.05) is 140 Å². The highest BCUT2D eigenvalue weighted by molar-refractivity contribution is 7.17. The number of thiophene rings is 1. The number of nitrogens with zero attached hydrogens (tertiary/aromatic N) is 2. The third kappa shape index (κ3) is 3.53. The van der Waals surface area contributed by atoms with Crippen LogP contribution >= 0.6 is 11.3 Å². The van der Waals surface area contributed by atoms with Crippen molar-refractivity contribution in [3.63, 3.8) is 0 Å². The molecule has 4 heteroatoms. The molecule has 0 aliphatic carbocycles. The van der Waals surface area contributed by atoms with Crippen LogP contribution in [-0.4, -0.2) is 11.3 Å². The van der Waals surface area contributed by atoms with Crippen molar-refractivity contribution in [3.8, 4) is 32.7 Å². The fourth-order valence-electron chi connectivity index (χ4n) is 8.38. The quantitative estimate of drug-likeness (QED) is 0.177. The summed E-state index contributed by atoms with van der Waals surface area (Å²) in [5, 5.41) is 7.63. The van der Waals surface area contributed by atoms with E-state index in [1.807, 2.05) is 11.3 Å². The van der Waals surface area contributed by atoms with Crippen molar-refractivity contribution in [2.75, 3.05) is 4.90 Å². The summed E-state index contributed by atoms with van der Waals surface area (Å²) in [5.41, 5.74) is 15.3. The molecule has 0 saturated heterocycles. The van der Waals surface area contributed by atoms with E-state index in [0.717, 1.165) is 0 Å². The SMILES string of the molecule is c1ccc(-c2cccc(N3c4cc(-c5ccccc5)ccc4B4c5c3csc5-c3cccc5c6ccc7ccccc7c6n4c35)c2)cc1. The van der Waals surface area contributed by atoms with E-state index in [9.17, 15) is 0 Å². The van der Waals surface area contributed by atoms with E-state index < -0.39 is 0 Å². The Kier molecular flexibility index (Phi) is 5.38. The van der Waals surface area contributed by atoms with Crippen molar-refractivity contribution in [3.05, 3.63) is 163 Å². The van der Waals surface area contributed by atoms with Crippen LogP contribution in [0.2, 0.25) is 0 Å². The fraction of sp³-hybridized carbons (Fsp3) is 0. The van der Waals surface area contributed by atoms with Gasteiger partial charge in [0.15, 0.2) is 0 Å². The van der Waals surface area contributed by atoms with Gasteiger partial charge >= 0.3 is 6.85 Å². The second kappa shape index (κ2) is 9.84. The fourth-order valence-corrected chi connectivity index (χ4v) is 9.47. The minimum atomic E-state index is 0.0512. The molecular weight excluding hydrogens is 599 g/mol. The van der Waals surface area contributed by atoms with Crippen molar-refractivity contribution in [2.45, 2.75) is 0 Å². The van der Waals surface area contributed by atoms with Gasteiger partial charge < -0.3 is 9.38 Å². The summed E-state index contributed by atoms with van der Waals surface area (Å²) in [5.74, 6) is 0. The van der Waals surface area contributed by atoms with Gasteiger partial charge in [-0.25, -0.2) is 0 Å². The topological polar surface area (TPSA) is 8.17 Å². The van der Waals surface area contributed by atoms with Gasteiger partial charge in [0.05, 0.1) is 5.69 Å². The number of benzene rings is 7. The van der Waals surface area contributed by atoms with Gasteiger partial charge in [0.1, 0.15) is 0 Å². The molecule has 7 aromatic carbocycles. The van der Waals surface area contributed by atoms with Crippen LogP contribution in [0.15, 0.2) is 163 Å². The smallest absolute Gasteiger partial charge is 0.333 e. The first-order valence-electron chi connectivity index (χ1n) is 16.5. The van der Waals surface area contributed by atoms with Crippen LogP contribution in [0.25, 0.3) is 65.3 Å². The molecule has 4 heterocycles. The Balaban J connectivity index is 1.25. The van der Waals surface area contributed by atoms with Gasteiger partial charge in [0.25, 0.3) is 0 Å². The molecule has 0 saturated carbocycles. The van der Waals surface area contributed by atoms with Crippen molar-refractivity contribution >= 4 is 78.8 Å². The van der Waals surface area contributed by atoms with Crippen LogP contribution in [0.1, 0.15) is 0 Å². The Bertz CT molecular complexity index is 2740. The molecule has 2 aromatic heterocycles.